The van der Waals surface area contributed by atoms with E-state index in [1.807, 2.05) is 46.2 Å². The summed E-state index contributed by atoms with van der Waals surface area (Å²) in [7, 11) is 0. The lowest BCUT2D eigenvalue weighted by molar-refractivity contribution is 0.846. The second-order valence-corrected chi connectivity index (χ2v) is 19.8. The van der Waals surface area contributed by atoms with Gasteiger partial charge in [-0.15, -0.1) is 0 Å². The first-order valence-corrected chi connectivity index (χ1v) is 25.2. The number of fused-ring (bicyclic) bond motifs is 19. The Kier molecular flexibility index (Phi) is 9.38. The molecule has 73 heavy (non-hydrogen) atoms. The van der Waals surface area contributed by atoms with Crippen molar-refractivity contribution in [1.29, 1.82) is 0 Å². The number of aromatic nitrogens is 4. The Morgan fingerprint density at radius 3 is 1.40 bits per heavy atom. The van der Waals surface area contributed by atoms with Gasteiger partial charge in [0.05, 0.1) is 22.4 Å². The van der Waals surface area contributed by atoms with Gasteiger partial charge in [-0.3, -0.25) is 4.98 Å². The Balaban J connectivity index is 0.994. The van der Waals surface area contributed by atoms with E-state index >= 15 is 0 Å². The number of hydrogen-bond acceptors (Lipinski definition) is 3. The third-order valence-corrected chi connectivity index (χ3v) is 15.2. The third-order valence-electron chi connectivity index (χ3n) is 15.2. The average molecular weight is 937 g/mol. The first kappa shape index (κ1) is 40.7. The van der Waals surface area contributed by atoms with E-state index < -0.39 is 11.8 Å². The van der Waals surface area contributed by atoms with E-state index in [0.717, 1.165) is 106 Å². The fraction of sp³-hybridized carbons (Fsp3) is 0.0870. The average Bonchev–Trinajstić information content (AvgIpc) is 3.78. The van der Waals surface area contributed by atoms with Crippen molar-refractivity contribution in [3.63, 3.8) is 0 Å². The maximum absolute atomic E-state index is 9.73. The summed E-state index contributed by atoms with van der Waals surface area (Å²) >= 11 is 0. The van der Waals surface area contributed by atoms with Crippen LogP contribution in [0.2, 0.25) is 0 Å². The fourth-order valence-electron chi connectivity index (χ4n) is 11.8. The van der Waals surface area contributed by atoms with Crippen molar-refractivity contribution < 1.29 is 2.74 Å². The maximum atomic E-state index is 9.73. The summed E-state index contributed by atoms with van der Waals surface area (Å²) in [6.07, 6.45) is 3.71. The van der Waals surface area contributed by atoms with Crippen LogP contribution in [-0.4, -0.2) is 19.5 Å². The van der Waals surface area contributed by atoms with Gasteiger partial charge in [-0.05, 0) is 144 Å². The molecule has 3 heterocycles. The number of nitrogens with zero attached hydrogens (tertiary/aromatic N) is 4. The van der Waals surface area contributed by atoms with Crippen molar-refractivity contribution in [2.45, 2.75) is 39.5 Å². The largest absolute Gasteiger partial charge is 0.309 e. The zero-order valence-electron chi connectivity index (χ0n) is 43.1. The molecule has 0 bridgehead atoms. The lowest BCUT2D eigenvalue weighted by atomic mass is 9.80. The molecule has 4 heteroatoms. The predicted molar refractivity (Wildman–Crippen MR) is 304 cm³/mol. The fourth-order valence-corrected chi connectivity index (χ4v) is 11.8. The van der Waals surface area contributed by atoms with Gasteiger partial charge < -0.3 is 4.57 Å². The highest BCUT2D eigenvalue weighted by Gasteiger charge is 2.28. The minimum absolute atomic E-state index is 0.506. The summed E-state index contributed by atoms with van der Waals surface area (Å²) in [5.74, 6) is -1.58. The highest BCUT2D eigenvalue weighted by Crippen LogP contribution is 2.52. The van der Waals surface area contributed by atoms with Crippen LogP contribution in [0.15, 0.2) is 219 Å². The lowest BCUT2D eigenvalue weighted by Crippen LogP contribution is -2.05. The van der Waals surface area contributed by atoms with Gasteiger partial charge in [-0.2, -0.15) is 0 Å². The second kappa shape index (κ2) is 16.8. The highest BCUT2D eigenvalue weighted by atomic mass is 15.0. The summed E-state index contributed by atoms with van der Waals surface area (Å²) in [6.45, 7) is 7.68. The molecule has 0 unspecified atom stereocenters. The van der Waals surface area contributed by atoms with E-state index in [-0.39, 0.29) is 0 Å². The summed E-state index contributed by atoms with van der Waals surface area (Å²) in [5.41, 5.74) is 24.7. The standard InChI is InChI=1S/C69H50N4/c1-41(2)58-38-62-57-28-17-35-70-68(57)56-27-12-11-21-48(56)47-20-7-10-24-51(47)61(62)39-63(58)69-71-40-64(42(3)4)67(72-69)43-31-33-52-53-34-32-44(73-65-29-15-13-25-54(65)55-26-14-16-30-66(55)73)37-60(53)50-23-9-6-19-46(50)45-18-5-8-22-49(45)59(52)36-43/h5-42H,1-4H3/i41D,42D. The van der Waals surface area contributed by atoms with Gasteiger partial charge >= 0.3 is 0 Å². The van der Waals surface area contributed by atoms with Gasteiger partial charge in [0.25, 0.3) is 0 Å². The smallest absolute Gasteiger partial charge is 0.160 e. The molecule has 0 N–H and O–H groups in total. The topological polar surface area (TPSA) is 43.6 Å². The van der Waals surface area contributed by atoms with Crippen LogP contribution in [0.3, 0.4) is 0 Å². The first-order valence-electron chi connectivity index (χ1n) is 26.2. The van der Waals surface area contributed by atoms with Gasteiger partial charge in [0, 0.05) is 53.8 Å². The summed E-state index contributed by atoms with van der Waals surface area (Å²) in [5, 5.41) is 2.46. The Bertz CT molecular complexity index is 4290. The Morgan fingerprint density at radius 2 is 0.808 bits per heavy atom. The van der Waals surface area contributed by atoms with E-state index in [2.05, 4.69) is 205 Å². The second-order valence-electron chi connectivity index (χ2n) is 19.8. The summed E-state index contributed by atoms with van der Waals surface area (Å²) < 4.78 is 21.7. The highest BCUT2D eigenvalue weighted by molar-refractivity contribution is 6.10. The Morgan fingerprint density at radius 1 is 0.356 bits per heavy atom. The van der Waals surface area contributed by atoms with Crippen molar-refractivity contribution in [3.05, 3.63) is 230 Å². The zero-order chi connectivity index (χ0) is 50.7. The molecule has 2 aliphatic carbocycles. The number of rotatable bonds is 5. The molecule has 12 aromatic rings. The van der Waals surface area contributed by atoms with E-state index in [1.165, 1.54) is 27.4 Å². The molecule has 3 aromatic heterocycles. The quantitative estimate of drug-likeness (QED) is 0.173. The van der Waals surface area contributed by atoms with Crippen molar-refractivity contribution in [1.82, 2.24) is 19.5 Å². The molecule has 0 aliphatic heterocycles. The van der Waals surface area contributed by atoms with E-state index in [9.17, 15) is 2.74 Å². The normalized spacial score (nSPS) is 12.8. The molecule has 0 saturated heterocycles. The third kappa shape index (κ3) is 6.71. The van der Waals surface area contributed by atoms with Crippen molar-refractivity contribution >= 4 is 21.8 Å². The molecular formula is C69H50N4. The van der Waals surface area contributed by atoms with Crippen molar-refractivity contribution in [2.24, 2.45) is 0 Å². The number of para-hydroxylation sites is 2. The zero-order valence-corrected chi connectivity index (χ0v) is 41.1. The Labute approximate surface area is 428 Å². The van der Waals surface area contributed by atoms with Crippen molar-refractivity contribution in [2.75, 3.05) is 0 Å². The van der Waals surface area contributed by atoms with Gasteiger partial charge in [0.15, 0.2) is 5.82 Å². The molecule has 0 radical (unpaired) electrons. The molecule has 14 rings (SSSR count). The molecule has 2 aliphatic rings. The van der Waals surface area contributed by atoms with Crippen LogP contribution in [0.1, 0.15) is 53.4 Å². The van der Waals surface area contributed by atoms with Crippen LogP contribution in [-0.2, 0) is 0 Å². The minimum Gasteiger partial charge on any atom is -0.309 e. The molecule has 0 amide bonds. The maximum Gasteiger partial charge on any atom is 0.160 e. The molecule has 4 nitrogen and oxygen atoms in total. The number of benzene rings is 9. The molecule has 0 fully saturated rings. The Hall–Kier alpha value is -8.99. The van der Waals surface area contributed by atoms with Crippen LogP contribution in [0.4, 0.5) is 0 Å². The monoisotopic (exact) mass is 936 g/mol. The SMILES string of the molecule is [2H]C(C)(C)c1cc2c(cc1-c1ncc(C([2H])(C)C)c(-c3ccc4c(c3)-c3ccccc3-c3ccccc3-c3cc(-n5c6ccccc6c6ccccc65)ccc3-4)n1)-c1ccccc1-c1ccccc1-c1ncccc1-2. The van der Waals surface area contributed by atoms with Crippen LogP contribution in [0.5, 0.6) is 0 Å². The predicted octanol–water partition coefficient (Wildman–Crippen LogP) is 18.5. The summed E-state index contributed by atoms with van der Waals surface area (Å²) in [6, 6.07) is 74.1. The molecular weight excluding hydrogens is 885 g/mol. The van der Waals surface area contributed by atoms with Gasteiger partial charge in [-0.1, -0.05) is 185 Å². The van der Waals surface area contributed by atoms with Crippen LogP contribution >= 0.6 is 0 Å². The van der Waals surface area contributed by atoms with Crippen LogP contribution in [0.25, 0.3) is 139 Å². The number of pyridine rings is 1. The van der Waals surface area contributed by atoms with Crippen molar-refractivity contribution in [3.8, 4) is 117 Å². The first-order chi connectivity index (χ1) is 36.5. The molecule has 0 saturated carbocycles. The molecule has 0 atom stereocenters. The lowest BCUT2D eigenvalue weighted by Gasteiger charge is -2.25. The molecule has 346 valence electrons. The van der Waals surface area contributed by atoms with Gasteiger partial charge in [0.1, 0.15) is 0 Å². The van der Waals surface area contributed by atoms with Crippen LogP contribution in [0, 0.1) is 0 Å². The summed E-state index contributed by atoms with van der Waals surface area (Å²) in [4.78, 5) is 15.7. The van der Waals surface area contributed by atoms with Gasteiger partial charge in [-0.25, -0.2) is 9.97 Å². The molecule has 0 spiro atoms. The molecule has 9 aromatic carbocycles. The minimum atomic E-state index is -1.04. The van der Waals surface area contributed by atoms with E-state index in [0.29, 0.717) is 17.1 Å². The number of hydrogen-bond donors (Lipinski definition) is 0. The van der Waals surface area contributed by atoms with Crippen LogP contribution < -0.4 is 0 Å². The van der Waals surface area contributed by atoms with E-state index in [1.54, 1.807) is 0 Å². The van der Waals surface area contributed by atoms with Gasteiger partial charge in [0.2, 0.25) is 0 Å². The van der Waals surface area contributed by atoms with E-state index in [4.69, 9.17) is 15.0 Å².